The molecule has 0 unspecified atom stereocenters. The van der Waals surface area contributed by atoms with E-state index < -0.39 is 5.41 Å². The molecule has 3 rings (SSSR count). The van der Waals surface area contributed by atoms with Crippen molar-refractivity contribution in [1.29, 1.82) is 0 Å². The fourth-order valence-corrected chi connectivity index (χ4v) is 2.52. The topological polar surface area (TPSA) is 58.6 Å². The molecule has 1 heterocycles. The Morgan fingerprint density at radius 2 is 1.76 bits per heavy atom. The number of nitrogens with one attached hydrogen (secondary N) is 1. The van der Waals surface area contributed by atoms with Gasteiger partial charge in [-0.25, -0.2) is 4.39 Å². The first-order valence-electron chi connectivity index (χ1n) is 7.06. The number of hydrogen-bond donors (Lipinski definition) is 1. The lowest BCUT2D eigenvalue weighted by molar-refractivity contribution is -0.145. The first kappa shape index (κ1) is 14.0. The third-order valence-corrected chi connectivity index (χ3v) is 3.99. The summed E-state index contributed by atoms with van der Waals surface area (Å²) in [5.74, 6) is -0.783. The van der Waals surface area contributed by atoms with Crippen molar-refractivity contribution in [2.45, 2.75) is 12.8 Å². The molecule has 0 bridgehead atoms. The third-order valence-electron chi connectivity index (χ3n) is 3.99. The average Bonchev–Trinajstić information content (AvgIpc) is 3.31. The molecule has 112 valence electrons. The molecule has 5 nitrogen and oxygen atoms in total. The van der Waals surface area contributed by atoms with Gasteiger partial charge in [-0.15, -0.1) is 0 Å². The molecule has 0 atom stereocenters. The minimum Gasteiger partial charge on any atom is -0.378 e. The summed E-state index contributed by atoms with van der Waals surface area (Å²) in [5, 5.41) is 2.71. The Labute approximate surface area is 122 Å². The number of morpholine rings is 1. The van der Waals surface area contributed by atoms with Crippen LogP contribution in [0, 0.1) is 11.2 Å². The van der Waals surface area contributed by atoms with E-state index in [2.05, 4.69) is 5.32 Å². The second-order valence-electron chi connectivity index (χ2n) is 5.45. The van der Waals surface area contributed by atoms with Gasteiger partial charge in [0.05, 0.1) is 13.2 Å². The molecule has 0 radical (unpaired) electrons. The number of ether oxygens (including phenoxy) is 1. The number of carbonyl (C=O) groups excluding carboxylic acids is 2. The average molecular weight is 292 g/mol. The van der Waals surface area contributed by atoms with Crippen molar-refractivity contribution in [2.24, 2.45) is 5.41 Å². The normalized spacial score (nSPS) is 20.0. The Bertz CT molecular complexity index is 549. The molecule has 2 fully saturated rings. The largest absolute Gasteiger partial charge is 0.378 e. The lowest BCUT2D eigenvalue weighted by atomic mass is 10.0. The molecular weight excluding hydrogens is 275 g/mol. The predicted octanol–water partition coefficient (Wildman–Crippen LogP) is 1.40. The summed E-state index contributed by atoms with van der Waals surface area (Å²) in [6, 6.07) is 5.53. The zero-order valence-electron chi connectivity index (χ0n) is 11.6. The summed E-state index contributed by atoms with van der Waals surface area (Å²) in [5.41, 5.74) is -0.436. The van der Waals surface area contributed by atoms with Crippen molar-refractivity contribution < 1.29 is 18.7 Å². The van der Waals surface area contributed by atoms with Gasteiger partial charge in [0.2, 0.25) is 11.8 Å². The molecule has 1 aliphatic heterocycles. The molecule has 1 saturated carbocycles. The van der Waals surface area contributed by atoms with Crippen molar-refractivity contribution in [2.75, 3.05) is 31.6 Å². The van der Waals surface area contributed by atoms with Crippen LogP contribution < -0.4 is 5.32 Å². The van der Waals surface area contributed by atoms with Gasteiger partial charge in [0.15, 0.2) is 0 Å². The Hall–Kier alpha value is -1.95. The van der Waals surface area contributed by atoms with Crippen molar-refractivity contribution in [3.63, 3.8) is 0 Å². The van der Waals surface area contributed by atoms with E-state index in [4.69, 9.17) is 4.74 Å². The molecule has 1 N–H and O–H groups in total. The van der Waals surface area contributed by atoms with E-state index >= 15 is 0 Å². The number of hydrogen-bond acceptors (Lipinski definition) is 3. The molecule has 2 amide bonds. The maximum absolute atomic E-state index is 12.9. The number of benzene rings is 1. The Morgan fingerprint density at radius 3 is 2.33 bits per heavy atom. The summed E-state index contributed by atoms with van der Waals surface area (Å²) < 4.78 is 18.1. The highest BCUT2D eigenvalue weighted by Gasteiger charge is 2.58. The molecule has 6 heteroatoms. The maximum Gasteiger partial charge on any atom is 0.240 e. The molecule has 1 aliphatic carbocycles. The Kier molecular flexibility index (Phi) is 3.63. The molecule has 0 spiro atoms. The SMILES string of the molecule is O=C(Nc1ccc(F)cc1)C1(C(=O)N2CCOCC2)CC1. The van der Waals surface area contributed by atoms with Crippen LogP contribution in [0.5, 0.6) is 0 Å². The lowest BCUT2D eigenvalue weighted by Crippen LogP contribution is -2.47. The van der Waals surface area contributed by atoms with E-state index in [1.807, 2.05) is 0 Å². The zero-order chi connectivity index (χ0) is 14.9. The molecule has 2 aliphatic rings. The monoisotopic (exact) mass is 292 g/mol. The van der Waals surface area contributed by atoms with Crippen molar-refractivity contribution in [3.05, 3.63) is 30.1 Å². The van der Waals surface area contributed by atoms with Gasteiger partial charge < -0.3 is 15.0 Å². The molecule has 1 aromatic carbocycles. The molecule has 1 saturated heterocycles. The van der Waals surface area contributed by atoms with Crippen molar-refractivity contribution in [1.82, 2.24) is 4.90 Å². The number of carbonyl (C=O) groups is 2. The highest BCUT2D eigenvalue weighted by molar-refractivity contribution is 6.13. The van der Waals surface area contributed by atoms with Gasteiger partial charge in [-0.2, -0.15) is 0 Å². The molecule has 21 heavy (non-hydrogen) atoms. The van der Waals surface area contributed by atoms with Gasteiger partial charge in [0, 0.05) is 18.8 Å². The Balaban J connectivity index is 1.68. The van der Waals surface area contributed by atoms with Crippen LogP contribution in [0.25, 0.3) is 0 Å². The van der Waals surface area contributed by atoms with Gasteiger partial charge in [-0.1, -0.05) is 0 Å². The van der Waals surface area contributed by atoms with Crippen LogP contribution in [0.1, 0.15) is 12.8 Å². The van der Waals surface area contributed by atoms with Crippen LogP contribution in [0.4, 0.5) is 10.1 Å². The molecule has 1 aromatic rings. The summed E-state index contributed by atoms with van der Waals surface area (Å²) >= 11 is 0. The summed E-state index contributed by atoms with van der Waals surface area (Å²) in [4.78, 5) is 26.6. The van der Waals surface area contributed by atoms with Crippen LogP contribution in [-0.2, 0) is 14.3 Å². The fraction of sp³-hybridized carbons (Fsp3) is 0.467. The van der Waals surface area contributed by atoms with E-state index in [0.29, 0.717) is 44.8 Å². The summed E-state index contributed by atoms with van der Waals surface area (Å²) in [6.45, 7) is 2.09. The van der Waals surface area contributed by atoms with Gasteiger partial charge in [0.25, 0.3) is 0 Å². The molecule has 0 aromatic heterocycles. The number of anilines is 1. The highest BCUT2D eigenvalue weighted by Crippen LogP contribution is 2.48. The van der Waals surface area contributed by atoms with E-state index in [9.17, 15) is 14.0 Å². The second kappa shape index (κ2) is 5.44. The van der Waals surface area contributed by atoms with E-state index in [1.165, 1.54) is 24.3 Å². The maximum atomic E-state index is 12.9. The Morgan fingerprint density at radius 1 is 1.14 bits per heavy atom. The third kappa shape index (κ3) is 2.76. The van der Waals surface area contributed by atoms with E-state index in [0.717, 1.165) is 0 Å². The van der Waals surface area contributed by atoms with Gasteiger partial charge in [0.1, 0.15) is 11.2 Å². The smallest absolute Gasteiger partial charge is 0.240 e. The number of amides is 2. The van der Waals surface area contributed by atoms with E-state index in [-0.39, 0.29) is 17.6 Å². The quantitative estimate of drug-likeness (QED) is 0.857. The van der Waals surface area contributed by atoms with Crippen LogP contribution in [-0.4, -0.2) is 43.0 Å². The van der Waals surface area contributed by atoms with Crippen molar-refractivity contribution in [3.8, 4) is 0 Å². The van der Waals surface area contributed by atoms with Gasteiger partial charge >= 0.3 is 0 Å². The standard InChI is InChI=1S/C15H17FN2O3/c16-11-1-3-12(4-2-11)17-13(19)15(5-6-15)14(20)18-7-9-21-10-8-18/h1-4H,5-10H2,(H,17,19). The van der Waals surface area contributed by atoms with Gasteiger partial charge in [-0.05, 0) is 37.1 Å². The van der Waals surface area contributed by atoms with Crippen molar-refractivity contribution >= 4 is 17.5 Å². The van der Waals surface area contributed by atoms with E-state index in [1.54, 1.807) is 4.90 Å². The van der Waals surface area contributed by atoms with Crippen LogP contribution in [0.15, 0.2) is 24.3 Å². The lowest BCUT2D eigenvalue weighted by Gasteiger charge is -2.30. The first-order valence-corrected chi connectivity index (χ1v) is 7.06. The highest BCUT2D eigenvalue weighted by atomic mass is 19.1. The van der Waals surface area contributed by atoms with Crippen LogP contribution in [0.3, 0.4) is 0 Å². The zero-order valence-corrected chi connectivity index (χ0v) is 11.6. The minimum absolute atomic E-state index is 0.120. The van der Waals surface area contributed by atoms with Crippen LogP contribution in [0.2, 0.25) is 0 Å². The fourth-order valence-electron chi connectivity index (χ4n) is 2.52. The number of nitrogens with zero attached hydrogens (tertiary/aromatic N) is 1. The number of halogens is 1. The molecular formula is C15H17FN2O3. The number of rotatable bonds is 3. The van der Waals surface area contributed by atoms with Crippen LogP contribution >= 0.6 is 0 Å². The van der Waals surface area contributed by atoms with Gasteiger partial charge in [-0.3, -0.25) is 9.59 Å². The summed E-state index contributed by atoms with van der Waals surface area (Å²) in [6.07, 6.45) is 1.13. The predicted molar refractivity (Wildman–Crippen MR) is 74.1 cm³/mol. The first-order chi connectivity index (χ1) is 10.1. The second-order valence-corrected chi connectivity index (χ2v) is 5.45. The minimum atomic E-state index is -0.939. The summed E-state index contributed by atoms with van der Waals surface area (Å²) in [7, 11) is 0.